The largest absolute Gasteiger partial charge is 0.491 e. The second-order valence-electron chi connectivity index (χ2n) is 8.35. The molecule has 3 aromatic carbocycles. The summed E-state index contributed by atoms with van der Waals surface area (Å²) in [5, 5.41) is 5.39. The lowest BCUT2D eigenvalue weighted by Gasteiger charge is -2.17. The molecule has 0 saturated heterocycles. The standard InChI is InChI=1S/C29H24F3N3O3/c1-19(36)34-26-18-21(13-14-27(26)38-17-15-20-8-6-7-16-33-20)35-28(37)24-11-3-2-9-22(24)23-10-4-5-12-25(23)29(30,31)32/h2-14,16,18H,15,17H2,1H3,(H,34,36)(H,35,37). The molecule has 1 heterocycles. The average Bonchev–Trinajstić information content (AvgIpc) is 2.89. The van der Waals surface area contributed by atoms with Crippen molar-refractivity contribution >= 4 is 23.2 Å². The summed E-state index contributed by atoms with van der Waals surface area (Å²) in [6.07, 6.45) is -2.34. The second-order valence-corrected chi connectivity index (χ2v) is 8.35. The molecule has 0 aliphatic carbocycles. The lowest BCUT2D eigenvalue weighted by molar-refractivity contribution is -0.137. The minimum absolute atomic E-state index is 0.0703. The number of nitrogens with one attached hydrogen (secondary N) is 2. The van der Waals surface area contributed by atoms with Gasteiger partial charge < -0.3 is 15.4 Å². The molecule has 0 bridgehead atoms. The highest BCUT2D eigenvalue weighted by Gasteiger charge is 2.34. The number of pyridine rings is 1. The molecular weight excluding hydrogens is 495 g/mol. The number of amides is 2. The van der Waals surface area contributed by atoms with Crippen molar-refractivity contribution in [3.8, 4) is 16.9 Å². The van der Waals surface area contributed by atoms with Crippen LogP contribution < -0.4 is 15.4 Å². The molecule has 0 spiro atoms. The van der Waals surface area contributed by atoms with Crippen LogP contribution in [0.1, 0.15) is 28.5 Å². The lowest BCUT2D eigenvalue weighted by atomic mass is 9.94. The van der Waals surface area contributed by atoms with E-state index in [9.17, 15) is 22.8 Å². The highest BCUT2D eigenvalue weighted by Crippen LogP contribution is 2.38. The zero-order chi connectivity index (χ0) is 27.1. The number of carbonyl (C=O) groups is 2. The maximum Gasteiger partial charge on any atom is 0.417 e. The maximum atomic E-state index is 13.6. The fraction of sp³-hybridized carbons (Fsp3) is 0.138. The van der Waals surface area contributed by atoms with Crippen LogP contribution in [0.25, 0.3) is 11.1 Å². The zero-order valence-electron chi connectivity index (χ0n) is 20.4. The molecule has 0 fully saturated rings. The van der Waals surface area contributed by atoms with Gasteiger partial charge in [0, 0.05) is 36.5 Å². The van der Waals surface area contributed by atoms with Gasteiger partial charge in [-0.15, -0.1) is 0 Å². The fourth-order valence-electron chi connectivity index (χ4n) is 3.91. The average molecular weight is 520 g/mol. The molecule has 4 aromatic rings. The van der Waals surface area contributed by atoms with Crippen molar-refractivity contribution in [2.24, 2.45) is 0 Å². The number of alkyl halides is 3. The molecular formula is C29H24F3N3O3. The summed E-state index contributed by atoms with van der Waals surface area (Å²) >= 11 is 0. The van der Waals surface area contributed by atoms with Crippen LogP contribution in [-0.4, -0.2) is 23.4 Å². The first-order valence-electron chi connectivity index (χ1n) is 11.7. The van der Waals surface area contributed by atoms with E-state index >= 15 is 0 Å². The fourth-order valence-corrected chi connectivity index (χ4v) is 3.91. The molecule has 0 aliphatic heterocycles. The predicted octanol–water partition coefficient (Wildman–Crippen LogP) is 6.60. The van der Waals surface area contributed by atoms with Crippen LogP contribution in [-0.2, 0) is 17.4 Å². The Morgan fingerprint density at radius 3 is 2.29 bits per heavy atom. The SMILES string of the molecule is CC(=O)Nc1cc(NC(=O)c2ccccc2-c2ccccc2C(F)(F)F)ccc1OCCc1ccccn1. The highest BCUT2D eigenvalue weighted by atomic mass is 19.4. The number of ether oxygens (including phenoxy) is 1. The minimum atomic E-state index is -4.58. The molecule has 194 valence electrons. The molecule has 0 radical (unpaired) electrons. The molecule has 0 saturated carbocycles. The Hall–Kier alpha value is -4.66. The van der Waals surface area contributed by atoms with Gasteiger partial charge in [-0.1, -0.05) is 42.5 Å². The topological polar surface area (TPSA) is 80.3 Å². The van der Waals surface area contributed by atoms with Crippen molar-refractivity contribution in [1.82, 2.24) is 4.98 Å². The van der Waals surface area contributed by atoms with E-state index in [-0.39, 0.29) is 22.6 Å². The van der Waals surface area contributed by atoms with Crippen LogP contribution in [0, 0.1) is 0 Å². The maximum absolute atomic E-state index is 13.6. The first kappa shape index (κ1) is 26.4. The van der Waals surface area contributed by atoms with Gasteiger partial charge in [-0.2, -0.15) is 13.2 Å². The Balaban J connectivity index is 1.57. The number of rotatable bonds is 8. The predicted molar refractivity (Wildman–Crippen MR) is 139 cm³/mol. The summed E-state index contributed by atoms with van der Waals surface area (Å²) in [6, 6.07) is 21.5. The Morgan fingerprint density at radius 1 is 0.868 bits per heavy atom. The van der Waals surface area contributed by atoms with Crippen molar-refractivity contribution in [3.63, 3.8) is 0 Å². The molecule has 0 atom stereocenters. The number of benzene rings is 3. The summed E-state index contributed by atoms with van der Waals surface area (Å²) in [7, 11) is 0. The highest BCUT2D eigenvalue weighted by molar-refractivity contribution is 6.09. The van der Waals surface area contributed by atoms with Gasteiger partial charge in [-0.3, -0.25) is 14.6 Å². The molecule has 0 aliphatic rings. The molecule has 6 nitrogen and oxygen atoms in total. The van der Waals surface area contributed by atoms with Gasteiger partial charge in [0.2, 0.25) is 5.91 Å². The van der Waals surface area contributed by atoms with Crippen LogP contribution in [0.4, 0.5) is 24.5 Å². The minimum Gasteiger partial charge on any atom is -0.491 e. The van der Waals surface area contributed by atoms with Crippen molar-refractivity contribution in [1.29, 1.82) is 0 Å². The van der Waals surface area contributed by atoms with Gasteiger partial charge in [0.15, 0.2) is 0 Å². The molecule has 9 heteroatoms. The number of carbonyl (C=O) groups excluding carboxylic acids is 2. The number of hydrogen-bond donors (Lipinski definition) is 2. The van der Waals surface area contributed by atoms with Gasteiger partial charge in [0.1, 0.15) is 5.75 Å². The smallest absolute Gasteiger partial charge is 0.417 e. The van der Waals surface area contributed by atoms with Crippen LogP contribution in [0.2, 0.25) is 0 Å². The van der Waals surface area contributed by atoms with E-state index in [1.165, 1.54) is 43.3 Å². The summed E-state index contributed by atoms with van der Waals surface area (Å²) in [5.74, 6) is -0.541. The van der Waals surface area contributed by atoms with Crippen molar-refractivity contribution in [3.05, 3.63) is 108 Å². The molecule has 38 heavy (non-hydrogen) atoms. The third kappa shape index (κ3) is 6.56. The Labute approximate surface area is 217 Å². The number of hydrogen-bond acceptors (Lipinski definition) is 4. The van der Waals surface area contributed by atoms with E-state index in [2.05, 4.69) is 15.6 Å². The summed E-state index contributed by atoms with van der Waals surface area (Å²) in [6.45, 7) is 1.65. The first-order valence-corrected chi connectivity index (χ1v) is 11.7. The molecule has 4 rings (SSSR count). The van der Waals surface area contributed by atoms with E-state index in [0.29, 0.717) is 30.2 Å². The van der Waals surface area contributed by atoms with Crippen LogP contribution in [0.5, 0.6) is 5.75 Å². The van der Waals surface area contributed by atoms with Crippen LogP contribution in [0.3, 0.4) is 0 Å². The third-order valence-corrected chi connectivity index (χ3v) is 5.58. The Kier molecular flexibility index (Phi) is 8.06. The van der Waals surface area contributed by atoms with E-state index < -0.39 is 17.6 Å². The van der Waals surface area contributed by atoms with Gasteiger partial charge in [-0.25, -0.2) is 0 Å². The van der Waals surface area contributed by atoms with E-state index in [4.69, 9.17) is 4.74 Å². The van der Waals surface area contributed by atoms with Crippen LogP contribution in [0.15, 0.2) is 91.1 Å². The normalized spacial score (nSPS) is 11.1. The van der Waals surface area contributed by atoms with Gasteiger partial charge in [-0.05, 0) is 53.6 Å². The summed E-state index contributed by atoms with van der Waals surface area (Å²) in [5.41, 5.74) is 0.808. The van der Waals surface area contributed by atoms with Crippen molar-refractivity contribution < 1.29 is 27.5 Å². The zero-order valence-corrected chi connectivity index (χ0v) is 20.4. The van der Waals surface area contributed by atoms with Gasteiger partial charge >= 0.3 is 6.18 Å². The van der Waals surface area contributed by atoms with E-state index in [0.717, 1.165) is 11.8 Å². The van der Waals surface area contributed by atoms with Gasteiger partial charge in [0.25, 0.3) is 5.91 Å². The van der Waals surface area contributed by atoms with E-state index in [1.807, 2.05) is 18.2 Å². The summed E-state index contributed by atoms with van der Waals surface area (Å²) in [4.78, 5) is 29.2. The van der Waals surface area contributed by atoms with Crippen molar-refractivity contribution in [2.45, 2.75) is 19.5 Å². The summed E-state index contributed by atoms with van der Waals surface area (Å²) < 4.78 is 46.7. The Morgan fingerprint density at radius 2 is 1.58 bits per heavy atom. The number of nitrogens with zero attached hydrogens (tertiary/aromatic N) is 1. The quantitative estimate of drug-likeness (QED) is 0.275. The molecule has 2 amide bonds. The first-order chi connectivity index (χ1) is 18.2. The van der Waals surface area contributed by atoms with Crippen LogP contribution >= 0.6 is 0 Å². The Bertz CT molecular complexity index is 1440. The number of aromatic nitrogens is 1. The molecule has 0 unspecified atom stereocenters. The second kappa shape index (κ2) is 11.6. The lowest BCUT2D eigenvalue weighted by Crippen LogP contribution is -2.15. The van der Waals surface area contributed by atoms with Crippen molar-refractivity contribution in [2.75, 3.05) is 17.2 Å². The van der Waals surface area contributed by atoms with E-state index in [1.54, 1.807) is 30.5 Å². The molecule has 1 aromatic heterocycles. The van der Waals surface area contributed by atoms with Gasteiger partial charge in [0.05, 0.1) is 17.9 Å². The molecule has 2 N–H and O–H groups in total. The monoisotopic (exact) mass is 519 g/mol. The third-order valence-electron chi connectivity index (χ3n) is 5.58. The number of anilines is 2. The number of halogens is 3.